The van der Waals surface area contributed by atoms with Crippen molar-refractivity contribution in [1.82, 2.24) is 14.8 Å². The molecule has 2 bridgehead atoms. The highest BCUT2D eigenvalue weighted by atomic mass is 35.5. The van der Waals surface area contributed by atoms with E-state index in [4.69, 9.17) is 37.5 Å². The van der Waals surface area contributed by atoms with Crippen LogP contribution in [0.4, 0.5) is 25.3 Å². The molecule has 0 radical (unpaired) electrons. The number of anilines is 3. The van der Waals surface area contributed by atoms with Gasteiger partial charge < -0.3 is 31.2 Å². The number of pyridine rings is 1. The first kappa shape index (κ1) is 31.1. The predicted molar refractivity (Wildman–Crippen MR) is 183 cm³/mol. The number of thiophene rings is 1. The molecule has 14 heteroatoms. The van der Waals surface area contributed by atoms with Crippen LogP contribution in [0, 0.1) is 23.0 Å². The van der Waals surface area contributed by atoms with Gasteiger partial charge in [-0.15, -0.1) is 11.3 Å². The van der Waals surface area contributed by atoms with Crippen molar-refractivity contribution in [2.24, 2.45) is 4.99 Å². The predicted octanol–water partition coefficient (Wildman–Crippen LogP) is 6.49. The van der Waals surface area contributed by atoms with Crippen LogP contribution in [-0.4, -0.2) is 64.9 Å². The third kappa shape index (κ3) is 4.39. The minimum atomic E-state index is -1.39. The highest BCUT2D eigenvalue weighted by Crippen LogP contribution is 2.53. The number of nitrogen functional groups attached to an aromatic ring is 2. The van der Waals surface area contributed by atoms with Gasteiger partial charge >= 0.3 is 0 Å². The van der Waals surface area contributed by atoms with Crippen LogP contribution in [-0.2, 0) is 4.74 Å². The fourth-order valence-corrected chi connectivity index (χ4v) is 9.15. The van der Waals surface area contributed by atoms with Crippen molar-refractivity contribution >= 4 is 55.4 Å². The molecule has 2 unspecified atom stereocenters. The molecule has 2 aromatic carbocycles. The first-order valence-corrected chi connectivity index (χ1v) is 17.0. The van der Waals surface area contributed by atoms with E-state index in [2.05, 4.69) is 28.3 Å². The number of halogens is 3. The van der Waals surface area contributed by atoms with E-state index in [0.29, 0.717) is 36.4 Å². The smallest absolute Gasteiger partial charge is 0.235 e. The van der Waals surface area contributed by atoms with Gasteiger partial charge in [0.1, 0.15) is 35.1 Å². The summed E-state index contributed by atoms with van der Waals surface area (Å²) < 4.78 is 45.5. The molecule has 48 heavy (non-hydrogen) atoms. The molecule has 2 saturated heterocycles. The molecule has 9 rings (SSSR count). The number of benzene rings is 2. The lowest BCUT2D eigenvalue weighted by Gasteiger charge is -2.50. The number of likely N-dealkylation sites (N-methyl/N-ethyl adjacent to an activating group) is 1. The molecular formula is C34H33ClF2N8O2S. The standard InChI is InChI=1S/C34H33ClF2N8O2S/c1-16(18-5-4-10-41-30(18)39)45-11-12-46-28-24-27(42-33(2,43-32(24)45)47-15-34-9-8-17(13-34)44(34)3)26(37)23(25(28)35)19-6-7-21(36)29-22(19)20(14-38)31(40)48-29/h4-7,10,16-17,42H,8-9,11-13,15,40H2,1-3H3,(H2,39,41)/t16-,17?,33?,34-/m1/s1. The average molecular weight is 691 g/mol. The molecule has 4 aliphatic heterocycles. The monoisotopic (exact) mass is 690 g/mol. The summed E-state index contributed by atoms with van der Waals surface area (Å²) in [4.78, 5) is 13.8. The van der Waals surface area contributed by atoms with Gasteiger partial charge in [-0.2, -0.15) is 5.26 Å². The Morgan fingerprint density at radius 1 is 1.29 bits per heavy atom. The quantitative estimate of drug-likeness (QED) is 0.207. The number of amidine groups is 1. The maximum absolute atomic E-state index is 17.4. The van der Waals surface area contributed by atoms with Gasteiger partial charge in [-0.25, -0.2) is 18.8 Å². The molecule has 2 aromatic heterocycles. The summed E-state index contributed by atoms with van der Waals surface area (Å²) in [6, 6.07) is 8.63. The number of nitrogens with two attached hydrogens (primary N) is 2. The van der Waals surface area contributed by atoms with Gasteiger partial charge in [0.25, 0.3) is 0 Å². The summed E-state index contributed by atoms with van der Waals surface area (Å²) in [5.41, 5.74) is 13.8. The van der Waals surface area contributed by atoms with Crippen LogP contribution >= 0.6 is 22.9 Å². The van der Waals surface area contributed by atoms with Crippen LogP contribution < -0.4 is 21.5 Å². The highest BCUT2D eigenvalue weighted by Gasteiger charge is 2.56. The van der Waals surface area contributed by atoms with Crippen LogP contribution in [0.25, 0.3) is 21.2 Å². The van der Waals surface area contributed by atoms with E-state index in [1.807, 2.05) is 24.0 Å². The number of aliphatic imine (C=N–C) groups is 1. The van der Waals surface area contributed by atoms with Crippen molar-refractivity contribution in [3.63, 3.8) is 0 Å². The second kappa shape index (κ2) is 10.9. The molecule has 5 N–H and O–H groups in total. The van der Waals surface area contributed by atoms with Crippen molar-refractivity contribution in [1.29, 1.82) is 5.26 Å². The minimum absolute atomic E-state index is 0.0331. The number of ether oxygens (including phenoxy) is 2. The lowest BCUT2D eigenvalue weighted by atomic mass is 9.88. The van der Waals surface area contributed by atoms with E-state index in [1.54, 1.807) is 13.1 Å². The fraction of sp³-hybridized carbons (Fsp3) is 0.382. The lowest BCUT2D eigenvalue weighted by Crippen LogP contribution is -2.61. The molecule has 0 spiro atoms. The highest BCUT2D eigenvalue weighted by molar-refractivity contribution is 7.23. The first-order valence-electron chi connectivity index (χ1n) is 15.8. The lowest BCUT2D eigenvalue weighted by molar-refractivity contribution is -0.102. The number of rotatable bonds is 6. The zero-order valence-corrected chi connectivity index (χ0v) is 28.1. The number of hydrogen-bond acceptors (Lipinski definition) is 11. The maximum atomic E-state index is 17.4. The topological polar surface area (TPSA) is 138 Å². The Morgan fingerprint density at radius 2 is 2.10 bits per heavy atom. The van der Waals surface area contributed by atoms with E-state index in [0.717, 1.165) is 36.2 Å². The largest absolute Gasteiger partial charge is 0.489 e. The Balaban J connectivity index is 1.33. The van der Waals surface area contributed by atoms with Crippen LogP contribution in [0.5, 0.6) is 5.75 Å². The van der Waals surface area contributed by atoms with Crippen molar-refractivity contribution in [3.8, 4) is 22.9 Å². The molecule has 6 heterocycles. The summed E-state index contributed by atoms with van der Waals surface area (Å²) in [5.74, 6) is -1.68. The van der Waals surface area contributed by atoms with Crippen LogP contribution in [0.2, 0.25) is 5.02 Å². The number of fused-ring (bicyclic) bond motifs is 2. The Hall–Kier alpha value is -4.22. The number of nitrogens with one attached hydrogen (secondary N) is 1. The Bertz CT molecular complexity index is 2100. The normalized spacial score (nSPS) is 25.0. The molecule has 5 aliphatic rings. The van der Waals surface area contributed by atoms with Gasteiger partial charge in [0.15, 0.2) is 11.6 Å². The molecule has 0 amide bonds. The van der Waals surface area contributed by atoms with Crippen LogP contribution in [0.3, 0.4) is 0 Å². The Labute approximate surface area is 284 Å². The minimum Gasteiger partial charge on any atom is -0.489 e. The van der Waals surface area contributed by atoms with Gasteiger partial charge in [-0.1, -0.05) is 23.7 Å². The number of nitrogens with zero attached hydrogens (tertiary/aromatic N) is 5. The summed E-state index contributed by atoms with van der Waals surface area (Å²) in [5, 5.41) is 13.5. The van der Waals surface area contributed by atoms with E-state index < -0.39 is 17.5 Å². The van der Waals surface area contributed by atoms with E-state index in [9.17, 15) is 5.26 Å². The molecule has 10 nitrogen and oxygen atoms in total. The van der Waals surface area contributed by atoms with Gasteiger partial charge in [0, 0.05) is 41.2 Å². The molecule has 4 atom stereocenters. The molecular weight excluding hydrogens is 658 g/mol. The molecule has 1 aliphatic carbocycles. The van der Waals surface area contributed by atoms with Crippen molar-refractivity contribution in [2.45, 2.75) is 56.6 Å². The summed E-state index contributed by atoms with van der Waals surface area (Å²) in [7, 11) is 2.11. The third-order valence-corrected chi connectivity index (χ3v) is 11.9. The Morgan fingerprint density at radius 3 is 2.81 bits per heavy atom. The fourth-order valence-electron chi connectivity index (χ4n) is 7.87. The van der Waals surface area contributed by atoms with Crippen molar-refractivity contribution < 1.29 is 18.3 Å². The molecule has 3 fully saturated rings. The first-order chi connectivity index (χ1) is 23.0. The summed E-state index contributed by atoms with van der Waals surface area (Å²) >= 11 is 8.02. The number of hydrogen-bond donors (Lipinski definition) is 3. The third-order valence-electron chi connectivity index (χ3n) is 10.5. The summed E-state index contributed by atoms with van der Waals surface area (Å²) in [6.07, 6.45) is 4.79. The van der Waals surface area contributed by atoms with Crippen molar-refractivity contribution in [2.75, 3.05) is 43.6 Å². The van der Waals surface area contributed by atoms with Gasteiger partial charge in [0.2, 0.25) is 5.85 Å². The second-order valence-corrected chi connectivity index (χ2v) is 14.5. The maximum Gasteiger partial charge on any atom is 0.235 e. The Kier molecular flexibility index (Phi) is 7.05. The van der Waals surface area contributed by atoms with Crippen LogP contribution in [0.1, 0.15) is 55.8 Å². The van der Waals surface area contributed by atoms with Crippen molar-refractivity contribution in [3.05, 3.63) is 63.8 Å². The van der Waals surface area contributed by atoms with E-state index in [-0.39, 0.29) is 66.4 Å². The molecule has 4 aromatic rings. The molecule has 1 saturated carbocycles. The zero-order chi connectivity index (χ0) is 33.7. The van der Waals surface area contributed by atoms with Crippen LogP contribution in [0.15, 0.2) is 35.5 Å². The van der Waals surface area contributed by atoms with Gasteiger partial charge in [0.05, 0.1) is 45.7 Å². The summed E-state index contributed by atoms with van der Waals surface area (Å²) in [6.45, 7) is 4.69. The van der Waals surface area contributed by atoms with Gasteiger partial charge in [-0.05, 0) is 50.9 Å². The number of nitriles is 1. The molecule has 248 valence electrons. The second-order valence-electron chi connectivity index (χ2n) is 13.1. The van der Waals surface area contributed by atoms with E-state index in [1.165, 1.54) is 12.1 Å². The van der Waals surface area contributed by atoms with Gasteiger partial charge in [-0.3, -0.25) is 4.90 Å². The number of aromatic nitrogens is 1. The SMILES string of the molecule is C[C@H](c1cccnc1N)N1CCOc2c(Cl)c(-c3ccc(F)c4sc(N)c(C#N)c34)c(F)c3c2C1=NC(C)(OC[C@@]12CCC(C1)N2C)N3. The average Bonchev–Trinajstić information content (AvgIpc) is 3.71. The van der Waals surface area contributed by atoms with E-state index >= 15 is 8.78 Å². The zero-order valence-electron chi connectivity index (χ0n) is 26.5.